The second-order valence-corrected chi connectivity index (χ2v) is 9.19. The van der Waals surface area contributed by atoms with Gasteiger partial charge < -0.3 is 9.88 Å². The Morgan fingerprint density at radius 2 is 1.93 bits per heavy atom. The molecule has 2 aromatic heterocycles. The third-order valence-electron chi connectivity index (χ3n) is 6.00. The highest BCUT2D eigenvalue weighted by Gasteiger charge is 2.23. The number of nitrogens with one attached hydrogen (secondary N) is 1. The molecule has 1 fully saturated rings. The van der Waals surface area contributed by atoms with E-state index < -0.39 is 0 Å². The van der Waals surface area contributed by atoms with Crippen molar-refractivity contribution in [3.63, 3.8) is 0 Å². The van der Waals surface area contributed by atoms with Gasteiger partial charge in [-0.15, -0.1) is 11.3 Å². The SMILES string of the molecule is Cc1sc2nc(CCC(=O)N3CCC(Cc4ccccc4)CC3)[nH]c(=O)c2c1C. The number of benzene rings is 1. The summed E-state index contributed by atoms with van der Waals surface area (Å²) in [5.41, 5.74) is 2.28. The molecule has 0 atom stereocenters. The van der Waals surface area contributed by atoms with Crippen LogP contribution in [0, 0.1) is 19.8 Å². The summed E-state index contributed by atoms with van der Waals surface area (Å²) >= 11 is 1.54. The van der Waals surface area contributed by atoms with E-state index in [4.69, 9.17) is 0 Å². The number of hydrogen-bond donors (Lipinski definition) is 1. The summed E-state index contributed by atoms with van der Waals surface area (Å²) in [6, 6.07) is 10.6. The molecular weight excluding hydrogens is 382 g/mol. The van der Waals surface area contributed by atoms with E-state index in [1.807, 2.05) is 24.8 Å². The largest absolute Gasteiger partial charge is 0.343 e. The second kappa shape index (κ2) is 8.49. The number of nitrogens with zero attached hydrogens (tertiary/aromatic N) is 2. The van der Waals surface area contributed by atoms with Crippen LogP contribution in [0.4, 0.5) is 0 Å². The Bertz CT molecular complexity index is 1060. The lowest BCUT2D eigenvalue weighted by atomic mass is 9.90. The minimum absolute atomic E-state index is 0.0963. The minimum Gasteiger partial charge on any atom is -0.343 e. The van der Waals surface area contributed by atoms with Crippen molar-refractivity contribution in [2.75, 3.05) is 13.1 Å². The van der Waals surface area contributed by atoms with E-state index in [2.05, 4.69) is 34.2 Å². The van der Waals surface area contributed by atoms with Crippen molar-refractivity contribution >= 4 is 27.5 Å². The first-order valence-electron chi connectivity index (χ1n) is 10.3. The van der Waals surface area contributed by atoms with E-state index in [0.717, 1.165) is 47.6 Å². The zero-order valence-electron chi connectivity index (χ0n) is 17.0. The van der Waals surface area contributed by atoms with Gasteiger partial charge in [-0.1, -0.05) is 30.3 Å². The number of likely N-dealkylation sites (tertiary alicyclic amines) is 1. The first-order chi connectivity index (χ1) is 14.0. The molecule has 29 heavy (non-hydrogen) atoms. The first-order valence-corrected chi connectivity index (χ1v) is 11.1. The van der Waals surface area contributed by atoms with E-state index in [1.54, 1.807) is 11.3 Å². The number of thiophene rings is 1. The standard InChI is InChI=1S/C23H27N3O2S/c1-15-16(2)29-23-21(15)22(28)24-19(25-23)8-9-20(27)26-12-10-18(11-13-26)14-17-6-4-3-5-7-17/h3-7,18H,8-14H2,1-2H3,(H,24,25,28). The van der Waals surface area contributed by atoms with Gasteiger partial charge in [0.05, 0.1) is 5.39 Å². The normalized spacial score (nSPS) is 15.2. The van der Waals surface area contributed by atoms with Gasteiger partial charge in [-0.3, -0.25) is 9.59 Å². The minimum atomic E-state index is -0.0963. The van der Waals surface area contributed by atoms with Crippen LogP contribution < -0.4 is 5.56 Å². The fraction of sp³-hybridized carbons (Fsp3) is 0.435. The van der Waals surface area contributed by atoms with Gasteiger partial charge in [0.15, 0.2) is 0 Å². The van der Waals surface area contributed by atoms with Gasteiger partial charge >= 0.3 is 0 Å². The summed E-state index contributed by atoms with van der Waals surface area (Å²) in [5.74, 6) is 1.41. The van der Waals surface area contributed by atoms with E-state index in [1.165, 1.54) is 5.56 Å². The number of amides is 1. The summed E-state index contributed by atoms with van der Waals surface area (Å²) in [6.45, 7) is 5.60. The van der Waals surface area contributed by atoms with Crippen LogP contribution in [0.1, 0.15) is 41.1 Å². The average Bonchev–Trinajstić information content (AvgIpc) is 3.01. The molecule has 5 nitrogen and oxygen atoms in total. The van der Waals surface area contributed by atoms with Crippen molar-refractivity contribution in [1.29, 1.82) is 0 Å². The Hall–Kier alpha value is -2.47. The van der Waals surface area contributed by atoms with E-state index in [0.29, 0.717) is 30.0 Å². The van der Waals surface area contributed by atoms with Crippen molar-refractivity contribution in [2.45, 2.75) is 46.0 Å². The Morgan fingerprint density at radius 3 is 2.66 bits per heavy atom. The quantitative estimate of drug-likeness (QED) is 0.692. The molecule has 3 heterocycles. The third-order valence-corrected chi connectivity index (χ3v) is 7.10. The van der Waals surface area contributed by atoms with Gasteiger partial charge in [-0.2, -0.15) is 0 Å². The molecule has 152 valence electrons. The molecule has 6 heteroatoms. The molecule has 1 saturated heterocycles. The molecule has 1 N–H and O–H groups in total. The monoisotopic (exact) mass is 409 g/mol. The molecule has 1 amide bonds. The first kappa shape index (κ1) is 19.8. The number of aryl methyl sites for hydroxylation is 3. The van der Waals surface area contributed by atoms with Crippen molar-refractivity contribution < 1.29 is 4.79 Å². The number of piperidine rings is 1. The number of rotatable bonds is 5. The molecule has 0 radical (unpaired) electrons. The van der Waals surface area contributed by atoms with Crippen molar-refractivity contribution in [3.8, 4) is 0 Å². The zero-order valence-corrected chi connectivity index (χ0v) is 17.8. The Labute approximate surface area is 174 Å². The van der Waals surface area contributed by atoms with Gasteiger partial charge in [0.25, 0.3) is 5.56 Å². The molecule has 0 saturated carbocycles. The van der Waals surface area contributed by atoms with E-state index in [9.17, 15) is 9.59 Å². The molecule has 3 aromatic rings. The molecule has 4 rings (SSSR count). The van der Waals surface area contributed by atoms with Gasteiger partial charge in [0, 0.05) is 30.8 Å². The van der Waals surface area contributed by atoms with Crippen molar-refractivity contribution in [3.05, 3.63) is 62.5 Å². The van der Waals surface area contributed by atoms with Gasteiger partial charge in [-0.05, 0) is 50.2 Å². The summed E-state index contributed by atoms with van der Waals surface area (Å²) in [6.07, 6.45) is 4.06. The Balaban J connectivity index is 1.31. The lowest BCUT2D eigenvalue weighted by Gasteiger charge is -2.32. The number of aromatic amines is 1. The molecule has 1 aliphatic heterocycles. The fourth-order valence-electron chi connectivity index (χ4n) is 4.14. The number of aromatic nitrogens is 2. The summed E-state index contributed by atoms with van der Waals surface area (Å²) in [4.78, 5) is 36.3. The van der Waals surface area contributed by atoms with Crippen LogP contribution in [0.2, 0.25) is 0 Å². The summed E-state index contributed by atoms with van der Waals surface area (Å²) in [5, 5.41) is 0.683. The van der Waals surface area contributed by atoms with Gasteiger partial charge in [0.1, 0.15) is 10.7 Å². The number of fused-ring (bicyclic) bond motifs is 1. The summed E-state index contributed by atoms with van der Waals surface area (Å²) < 4.78 is 0. The lowest BCUT2D eigenvalue weighted by molar-refractivity contribution is -0.132. The predicted molar refractivity (Wildman–Crippen MR) is 117 cm³/mol. The third kappa shape index (κ3) is 4.42. The average molecular weight is 410 g/mol. The highest BCUT2D eigenvalue weighted by atomic mass is 32.1. The smallest absolute Gasteiger partial charge is 0.259 e. The highest BCUT2D eigenvalue weighted by Crippen LogP contribution is 2.26. The van der Waals surface area contributed by atoms with Gasteiger partial charge in [-0.25, -0.2) is 4.98 Å². The van der Waals surface area contributed by atoms with Crippen LogP contribution in [0.15, 0.2) is 35.1 Å². The van der Waals surface area contributed by atoms with Crippen LogP contribution in [-0.4, -0.2) is 33.9 Å². The molecule has 0 unspecified atom stereocenters. The van der Waals surface area contributed by atoms with E-state index in [-0.39, 0.29) is 11.5 Å². The lowest BCUT2D eigenvalue weighted by Crippen LogP contribution is -2.39. The highest BCUT2D eigenvalue weighted by molar-refractivity contribution is 7.18. The maximum absolute atomic E-state index is 12.7. The molecule has 0 spiro atoms. The molecular formula is C23H27N3O2S. The van der Waals surface area contributed by atoms with Crippen molar-refractivity contribution in [1.82, 2.24) is 14.9 Å². The predicted octanol–water partition coefficient (Wildman–Crippen LogP) is 4.02. The molecule has 1 aliphatic rings. The number of carbonyl (C=O) groups excluding carboxylic acids is 1. The summed E-state index contributed by atoms with van der Waals surface area (Å²) in [7, 11) is 0. The number of H-pyrrole nitrogens is 1. The Morgan fingerprint density at radius 1 is 1.21 bits per heavy atom. The molecule has 0 aliphatic carbocycles. The van der Waals surface area contributed by atoms with E-state index >= 15 is 0 Å². The topological polar surface area (TPSA) is 66.1 Å². The molecule has 1 aromatic carbocycles. The van der Waals surface area contributed by atoms with Gasteiger partial charge in [0.2, 0.25) is 5.91 Å². The van der Waals surface area contributed by atoms with Crippen LogP contribution >= 0.6 is 11.3 Å². The van der Waals surface area contributed by atoms with Crippen molar-refractivity contribution in [2.24, 2.45) is 5.92 Å². The van der Waals surface area contributed by atoms with Crippen LogP contribution in [0.25, 0.3) is 10.2 Å². The van der Waals surface area contributed by atoms with Crippen LogP contribution in [-0.2, 0) is 17.6 Å². The molecule has 0 bridgehead atoms. The fourth-order valence-corrected chi connectivity index (χ4v) is 5.18. The zero-order chi connectivity index (χ0) is 20.4. The maximum Gasteiger partial charge on any atom is 0.259 e. The number of hydrogen-bond acceptors (Lipinski definition) is 4. The second-order valence-electron chi connectivity index (χ2n) is 7.99. The maximum atomic E-state index is 12.7. The van der Waals surface area contributed by atoms with Crippen LogP contribution in [0.5, 0.6) is 0 Å². The number of carbonyl (C=O) groups is 1. The van der Waals surface area contributed by atoms with Crippen LogP contribution in [0.3, 0.4) is 0 Å². The Kier molecular flexibility index (Phi) is 5.81.